The van der Waals surface area contributed by atoms with E-state index in [4.69, 9.17) is 9.47 Å². The number of hydrogen-bond donors (Lipinski definition) is 1. The molecule has 0 aromatic heterocycles. The van der Waals surface area contributed by atoms with Crippen molar-refractivity contribution < 1.29 is 14.3 Å². The summed E-state index contributed by atoms with van der Waals surface area (Å²) in [4.78, 5) is 14.3. The summed E-state index contributed by atoms with van der Waals surface area (Å²) < 4.78 is 11.2. The molecule has 2 bridgehead atoms. The first kappa shape index (κ1) is 17.9. The molecular weight excluding hydrogens is 316 g/mol. The number of carbonyl (C=O) groups excluding carboxylic acids is 1. The summed E-state index contributed by atoms with van der Waals surface area (Å²) >= 11 is 0. The van der Waals surface area contributed by atoms with E-state index in [1.807, 2.05) is 36.1 Å². The molecule has 1 aromatic carbocycles. The van der Waals surface area contributed by atoms with Crippen molar-refractivity contribution in [2.24, 2.45) is 0 Å². The topological polar surface area (TPSA) is 50.8 Å². The molecular formula is C17H25ClN2O3. The van der Waals surface area contributed by atoms with Gasteiger partial charge in [-0.05, 0) is 38.3 Å². The monoisotopic (exact) mass is 340 g/mol. The molecule has 128 valence electrons. The third-order valence-corrected chi connectivity index (χ3v) is 4.38. The second kappa shape index (κ2) is 8.41. The first-order valence-corrected chi connectivity index (χ1v) is 8.14. The molecule has 1 aromatic rings. The van der Waals surface area contributed by atoms with Crippen molar-refractivity contribution in [2.75, 3.05) is 26.3 Å². The Bertz CT molecular complexity index is 526. The lowest BCUT2D eigenvalue weighted by Gasteiger charge is -2.24. The third kappa shape index (κ3) is 4.52. The number of nitrogens with one attached hydrogen (secondary N) is 1. The van der Waals surface area contributed by atoms with E-state index >= 15 is 0 Å². The number of carbonyl (C=O) groups is 1. The number of amides is 1. The van der Waals surface area contributed by atoms with Crippen LogP contribution in [0.5, 0.6) is 11.5 Å². The van der Waals surface area contributed by atoms with Gasteiger partial charge in [-0.25, -0.2) is 0 Å². The average molecular weight is 341 g/mol. The number of halogens is 1. The number of benzene rings is 1. The fourth-order valence-corrected chi connectivity index (χ4v) is 3.24. The summed E-state index contributed by atoms with van der Waals surface area (Å²) in [5.74, 6) is 1.38. The fraction of sp³-hybridized carbons (Fsp3) is 0.588. The molecule has 0 aliphatic carbocycles. The minimum absolute atomic E-state index is 0. The quantitative estimate of drug-likeness (QED) is 0.893. The molecule has 2 aliphatic heterocycles. The molecule has 5 nitrogen and oxygen atoms in total. The summed E-state index contributed by atoms with van der Waals surface area (Å²) in [5.41, 5.74) is 0. The van der Waals surface area contributed by atoms with Crippen molar-refractivity contribution in [3.05, 3.63) is 24.3 Å². The molecule has 6 heteroatoms. The minimum atomic E-state index is 0. The van der Waals surface area contributed by atoms with Crippen molar-refractivity contribution in [1.29, 1.82) is 0 Å². The zero-order valence-corrected chi connectivity index (χ0v) is 14.3. The molecule has 1 N–H and O–H groups in total. The van der Waals surface area contributed by atoms with Gasteiger partial charge in [0, 0.05) is 25.2 Å². The Kier molecular flexibility index (Phi) is 6.54. The van der Waals surface area contributed by atoms with Crippen LogP contribution in [0.4, 0.5) is 0 Å². The van der Waals surface area contributed by atoms with E-state index in [2.05, 4.69) is 5.32 Å². The van der Waals surface area contributed by atoms with E-state index in [1.165, 1.54) is 12.8 Å². The maximum atomic E-state index is 12.4. The van der Waals surface area contributed by atoms with Gasteiger partial charge in [-0.15, -0.1) is 12.4 Å². The highest BCUT2D eigenvalue weighted by molar-refractivity contribution is 5.85. The molecule has 2 unspecified atom stereocenters. The van der Waals surface area contributed by atoms with Crippen LogP contribution in [0.25, 0.3) is 0 Å². The Morgan fingerprint density at radius 1 is 1.17 bits per heavy atom. The zero-order valence-electron chi connectivity index (χ0n) is 13.5. The minimum Gasteiger partial charge on any atom is -0.490 e. The van der Waals surface area contributed by atoms with Gasteiger partial charge >= 0.3 is 0 Å². The van der Waals surface area contributed by atoms with Gasteiger partial charge in [-0.3, -0.25) is 4.79 Å². The van der Waals surface area contributed by atoms with E-state index < -0.39 is 0 Å². The summed E-state index contributed by atoms with van der Waals surface area (Å²) in [6.07, 6.45) is 3.45. The smallest absolute Gasteiger partial charge is 0.260 e. The summed E-state index contributed by atoms with van der Waals surface area (Å²) in [6.45, 7) is 4.20. The maximum Gasteiger partial charge on any atom is 0.260 e. The van der Waals surface area contributed by atoms with Gasteiger partial charge in [0.05, 0.1) is 6.61 Å². The Morgan fingerprint density at radius 2 is 1.87 bits per heavy atom. The van der Waals surface area contributed by atoms with Gasteiger partial charge < -0.3 is 19.7 Å². The van der Waals surface area contributed by atoms with Crippen LogP contribution in [-0.4, -0.2) is 49.2 Å². The highest BCUT2D eigenvalue weighted by Gasteiger charge is 2.31. The lowest BCUT2D eigenvalue weighted by Crippen LogP contribution is -2.41. The molecule has 0 saturated carbocycles. The first-order chi connectivity index (χ1) is 10.8. The predicted molar refractivity (Wildman–Crippen MR) is 91.5 cm³/mol. The largest absolute Gasteiger partial charge is 0.490 e. The van der Waals surface area contributed by atoms with E-state index in [0.717, 1.165) is 19.5 Å². The Labute approximate surface area is 143 Å². The van der Waals surface area contributed by atoms with E-state index in [1.54, 1.807) is 0 Å². The van der Waals surface area contributed by atoms with Crippen molar-refractivity contribution >= 4 is 18.3 Å². The average Bonchev–Trinajstić information content (AvgIpc) is 2.85. The van der Waals surface area contributed by atoms with Gasteiger partial charge in [0.2, 0.25) is 0 Å². The third-order valence-electron chi connectivity index (χ3n) is 4.38. The Hall–Kier alpha value is -1.46. The van der Waals surface area contributed by atoms with Crippen LogP contribution in [0, 0.1) is 0 Å². The fourth-order valence-electron chi connectivity index (χ4n) is 3.24. The lowest BCUT2D eigenvalue weighted by atomic mass is 10.1. The molecule has 0 spiro atoms. The van der Waals surface area contributed by atoms with E-state index in [9.17, 15) is 4.79 Å². The summed E-state index contributed by atoms with van der Waals surface area (Å²) in [5, 5.41) is 3.58. The predicted octanol–water partition coefficient (Wildman–Crippen LogP) is 2.24. The first-order valence-electron chi connectivity index (χ1n) is 8.14. The van der Waals surface area contributed by atoms with Crippen molar-refractivity contribution in [3.8, 4) is 11.5 Å². The molecule has 2 aliphatic rings. The summed E-state index contributed by atoms with van der Waals surface area (Å²) in [7, 11) is 0. The number of likely N-dealkylation sites (tertiary alicyclic amines) is 1. The number of hydrogen-bond acceptors (Lipinski definition) is 4. The Morgan fingerprint density at radius 3 is 2.61 bits per heavy atom. The molecule has 23 heavy (non-hydrogen) atoms. The van der Waals surface area contributed by atoms with Gasteiger partial charge in [-0.1, -0.05) is 12.1 Å². The zero-order chi connectivity index (χ0) is 15.4. The van der Waals surface area contributed by atoms with Crippen LogP contribution in [0.1, 0.15) is 26.2 Å². The van der Waals surface area contributed by atoms with Crippen molar-refractivity contribution in [2.45, 2.75) is 38.3 Å². The molecule has 0 radical (unpaired) electrons. The van der Waals surface area contributed by atoms with Crippen LogP contribution in [0.15, 0.2) is 24.3 Å². The number of ether oxygens (including phenoxy) is 2. The van der Waals surface area contributed by atoms with Crippen molar-refractivity contribution in [3.63, 3.8) is 0 Å². The van der Waals surface area contributed by atoms with Crippen LogP contribution in [-0.2, 0) is 4.79 Å². The van der Waals surface area contributed by atoms with Gasteiger partial charge in [0.25, 0.3) is 5.91 Å². The molecule has 2 atom stereocenters. The second-order valence-electron chi connectivity index (χ2n) is 5.93. The highest BCUT2D eigenvalue weighted by atomic mass is 35.5. The standard InChI is InChI=1S/C17H24N2O3.ClH/c1-2-21-15-5-3-4-6-16(15)22-12-17(20)19-10-9-13-7-8-14(11-19)18-13;/h3-6,13-14,18H,2,7-12H2,1H3;1H. The molecule has 2 saturated heterocycles. The number of nitrogens with zero attached hydrogens (tertiary/aromatic N) is 1. The molecule has 2 heterocycles. The number of para-hydroxylation sites is 2. The maximum absolute atomic E-state index is 12.4. The van der Waals surface area contributed by atoms with Gasteiger partial charge in [-0.2, -0.15) is 0 Å². The lowest BCUT2D eigenvalue weighted by molar-refractivity contribution is -0.133. The van der Waals surface area contributed by atoms with Gasteiger partial charge in [0.1, 0.15) is 0 Å². The van der Waals surface area contributed by atoms with E-state index in [0.29, 0.717) is 30.2 Å². The molecule has 3 rings (SSSR count). The Balaban J connectivity index is 0.00000192. The normalized spacial score (nSPS) is 22.9. The van der Waals surface area contributed by atoms with Crippen LogP contribution in [0.3, 0.4) is 0 Å². The SMILES string of the molecule is CCOc1ccccc1OCC(=O)N1CCC2CCC(C1)N2.Cl. The second-order valence-corrected chi connectivity index (χ2v) is 5.93. The van der Waals surface area contributed by atoms with Crippen LogP contribution >= 0.6 is 12.4 Å². The van der Waals surface area contributed by atoms with Crippen LogP contribution in [0.2, 0.25) is 0 Å². The number of rotatable bonds is 5. The molecule has 2 fully saturated rings. The highest BCUT2D eigenvalue weighted by Crippen LogP contribution is 2.26. The van der Waals surface area contributed by atoms with E-state index in [-0.39, 0.29) is 24.9 Å². The summed E-state index contributed by atoms with van der Waals surface area (Å²) in [6, 6.07) is 8.52. The van der Waals surface area contributed by atoms with Crippen molar-refractivity contribution in [1.82, 2.24) is 10.2 Å². The van der Waals surface area contributed by atoms with Crippen LogP contribution < -0.4 is 14.8 Å². The number of fused-ring (bicyclic) bond motifs is 2. The molecule has 1 amide bonds. The van der Waals surface area contributed by atoms with Gasteiger partial charge in [0.15, 0.2) is 18.1 Å².